The molecule has 0 saturated carbocycles. The summed E-state index contributed by atoms with van der Waals surface area (Å²) in [5.41, 5.74) is 0. The second-order valence-corrected chi connectivity index (χ2v) is 4.37. The van der Waals surface area contributed by atoms with Crippen LogP contribution in [-0.4, -0.2) is 46.8 Å². The van der Waals surface area contributed by atoms with E-state index in [9.17, 15) is 8.42 Å². The van der Waals surface area contributed by atoms with Crippen molar-refractivity contribution in [1.29, 1.82) is 0 Å². The Balaban J connectivity index is 0. The maximum absolute atomic E-state index is 10.8. The number of nitrogens with one attached hydrogen (secondary N) is 1. The minimum absolute atomic E-state index is 0. The van der Waals surface area contributed by atoms with Crippen LogP contribution in [-0.2, 0) is 10.0 Å². The molecular weight excluding hydrogens is 188 g/mol. The highest BCUT2D eigenvalue weighted by atomic mass is 35.5. The summed E-state index contributed by atoms with van der Waals surface area (Å²) >= 11 is 0. The Morgan fingerprint density at radius 2 is 1.82 bits per heavy atom. The number of halogens is 1. The van der Waals surface area contributed by atoms with Crippen LogP contribution in [0.15, 0.2) is 0 Å². The molecule has 0 rings (SSSR count). The normalized spacial score (nSPS) is 11.3. The van der Waals surface area contributed by atoms with E-state index in [1.807, 2.05) is 19.0 Å². The molecule has 4 nitrogen and oxygen atoms in total. The smallest absolute Gasteiger partial charge is 0.212 e. The SMILES string of the molecule is CNS(=O)(=O)CCN(C)C.Cl. The fourth-order valence-electron chi connectivity index (χ4n) is 0.405. The Hall–Kier alpha value is 0.160. The van der Waals surface area contributed by atoms with Crippen LogP contribution in [0.4, 0.5) is 0 Å². The summed E-state index contributed by atoms with van der Waals surface area (Å²) in [5, 5.41) is 0. The van der Waals surface area contributed by atoms with Crippen LogP contribution in [0.2, 0.25) is 0 Å². The third kappa shape index (κ3) is 8.06. The predicted molar refractivity (Wildman–Crippen MR) is 48.6 cm³/mol. The Bertz CT molecular complexity index is 179. The fraction of sp³-hybridized carbons (Fsp3) is 1.00. The first kappa shape index (κ1) is 13.7. The molecule has 0 unspecified atom stereocenters. The van der Waals surface area contributed by atoms with Gasteiger partial charge in [0.2, 0.25) is 10.0 Å². The molecule has 70 valence electrons. The van der Waals surface area contributed by atoms with Gasteiger partial charge in [-0.15, -0.1) is 12.4 Å². The fourth-order valence-corrected chi connectivity index (χ4v) is 1.21. The van der Waals surface area contributed by atoms with Crippen molar-refractivity contribution in [3.8, 4) is 0 Å². The zero-order valence-corrected chi connectivity index (χ0v) is 8.63. The monoisotopic (exact) mass is 202 g/mol. The number of hydrogen-bond donors (Lipinski definition) is 1. The third-order valence-corrected chi connectivity index (χ3v) is 2.46. The first-order valence-electron chi connectivity index (χ1n) is 3.04. The summed E-state index contributed by atoms with van der Waals surface area (Å²) in [6.07, 6.45) is 0. The molecular formula is C5H15ClN2O2S. The van der Waals surface area contributed by atoms with Crippen molar-refractivity contribution >= 4 is 22.4 Å². The molecule has 0 atom stereocenters. The van der Waals surface area contributed by atoms with E-state index >= 15 is 0 Å². The Morgan fingerprint density at radius 1 is 1.36 bits per heavy atom. The summed E-state index contributed by atoms with van der Waals surface area (Å²) in [5.74, 6) is 0.163. The highest BCUT2D eigenvalue weighted by Crippen LogP contribution is 1.82. The first-order valence-corrected chi connectivity index (χ1v) is 4.69. The lowest BCUT2D eigenvalue weighted by molar-refractivity contribution is 0.431. The van der Waals surface area contributed by atoms with Gasteiger partial charge in [-0.05, 0) is 21.1 Å². The van der Waals surface area contributed by atoms with Gasteiger partial charge in [0.25, 0.3) is 0 Å². The van der Waals surface area contributed by atoms with Crippen LogP contribution in [0, 0.1) is 0 Å². The summed E-state index contributed by atoms with van der Waals surface area (Å²) < 4.78 is 23.8. The summed E-state index contributed by atoms with van der Waals surface area (Å²) in [4.78, 5) is 1.83. The molecule has 0 aliphatic carbocycles. The van der Waals surface area contributed by atoms with Gasteiger partial charge in [0.1, 0.15) is 0 Å². The molecule has 0 saturated heterocycles. The predicted octanol–water partition coefficient (Wildman–Crippen LogP) is -0.481. The van der Waals surface area contributed by atoms with Crippen molar-refractivity contribution in [1.82, 2.24) is 9.62 Å². The molecule has 0 aromatic carbocycles. The topological polar surface area (TPSA) is 49.4 Å². The molecule has 0 heterocycles. The number of sulfonamides is 1. The maximum atomic E-state index is 10.8. The van der Waals surface area contributed by atoms with Gasteiger partial charge < -0.3 is 4.90 Å². The lowest BCUT2D eigenvalue weighted by Gasteiger charge is -2.08. The van der Waals surface area contributed by atoms with Crippen molar-refractivity contribution < 1.29 is 8.42 Å². The van der Waals surface area contributed by atoms with Gasteiger partial charge in [-0.2, -0.15) is 0 Å². The van der Waals surface area contributed by atoms with Crippen molar-refractivity contribution in [3.05, 3.63) is 0 Å². The van der Waals surface area contributed by atoms with Crippen molar-refractivity contribution in [2.45, 2.75) is 0 Å². The van der Waals surface area contributed by atoms with E-state index in [0.717, 1.165) is 0 Å². The third-order valence-electron chi connectivity index (χ3n) is 1.12. The van der Waals surface area contributed by atoms with Crippen LogP contribution < -0.4 is 4.72 Å². The van der Waals surface area contributed by atoms with Crippen LogP contribution in [0.1, 0.15) is 0 Å². The number of hydrogen-bond acceptors (Lipinski definition) is 3. The van der Waals surface area contributed by atoms with Crippen LogP contribution in [0.25, 0.3) is 0 Å². The second kappa shape index (κ2) is 5.77. The van der Waals surface area contributed by atoms with Gasteiger partial charge in [0, 0.05) is 6.54 Å². The lowest BCUT2D eigenvalue weighted by atomic mass is 10.7. The summed E-state index contributed by atoms with van der Waals surface area (Å²) in [6, 6.07) is 0. The van der Waals surface area contributed by atoms with Gasteiger partial charge in [-0.1, -0.05) is 0 Å². The van der Waals surface area contributed by atoms with Gasteiger partial charge in [-0.3, -0.25) is 0 Å². The Kier molecular flexibility index (Phi) is 7.20. The average Bonchev–Trinajstić information content (AvgIpc) is 1.85. The standard InChI is InChI=1S/C5H14N2O2S.ClH/c1-6-10(8,9)5-4-7(2)3;/h6H,4-5H2,1-3H3;1H. The average molecular weight is 203 g/mol. The van der Waals surface area contributed by atoms with Gasteiger partial charge in [0.05, 0.1) is 5.75 Å². The number of nitrogens with zero attached hydrogens (tertiary/aromatic N) is 1. The van der Waals surface area contributed by atoms with Crippen LogP contribution in [0.5, 0.6) is 0 Å². The minimum Gasteiger partial charge on any atom is -0.308 e. The molecule has 0 bridgehead atoms. The van der Waals surface area contributed by atoms with Gasteiger partial charge in [-0.25, -0.2) is 13.1 Å². The summed E-state index contributed by atoms with van der Waals surface area (Å²) in [7, 11) is 2.09. The quantitative estimate of drug-likeness (QED) is 0.670. The van der Waals surface area contributed by atoms with Crippen molar-refractivity contribution in [2.24, 2.45) is 0 Å². The zero-order valence-electron chi connectivity index (χ0n) is 6.99. The molecule has 0 aliphatic rings. The van der Waals surface area contributed by atoms with E-state index in [4.69, 9.17) is 0 Å². The van der Waals surface area contributed by atoms with E-state index in [0.29, 0.717) is 6.54 Å². The number of rotatable bonds is 4. The second-order valence-electron chi connectivity index (χ2n) is 2.33. The van der Waals surface area contributed by atoms with Gasteiger partial charge in [0.15, 0.2) is 0 Å². The van der Waals surface area contributed by atoms with Crippen molar-refractivity contribution in [3.63, 3.8) is 0 Å². The van der Waals surface area contributed by atoms with Crippen molar-refractivity contribution in [2.75, 3.05) is 33.4 Å². The van der Waals surface area contributed by atoms with E-state index in [1.54, 1.807) is 0 Å². The molecule has 0 spiro atoms. The Morgan fingerprint density at radius 3 is 2.09 bits per heavy atom. The molecule has 6 heteroatoms. The largest absolute Gasteiger partial charge is 0.308 e. The molecule has 0 aromatic heterocycles. The minimum atomic E-state index is -3.01. The summed E-state index contributed by atoms with van der Waals surface area (Å²) in [6.45, 7) is 0.559. The van der Waals surface area contributed by atoms with E-state index in [-0.39, 0.29) is 18.2 Å². The van der Waals surface area contributed by atoms with E-state index < -0.39 is 10.0 Å². The molecule has 0 aromatic rings. The lowest BCUT2D eigenvalue weighted by Crippen LogP contribution is -2.28. The van der Waals surface area contributed by atoms with E-state index in [2.05, 4.69) is 4.72 Å². The molecule has 0 radical (unpaired) electrons. The molecule has 0 amide bonds. The molecule has 0 aliphatic heterocycles. The molecule has 0 fully saturated rings. The Labute approximate surface area is 74.4 Å². The van der Waals surface area contributed by atoms with E-state index in [1.165, 1.54) is 7.05 Å². The molecule has 1 N–H and O–H groups in total. The van der Waals surface area contributed by atoms with Gasteiger partial charge >= 0.3 is 0 Å². The highest BCUT2D eigenvalue weighted by molar-refractivity contribution is 7.89. The zero-order chi connectivity index (χ0) is 8.20. The molecule has 11 heavy (non-hydrogen) atoms. The maximum Gasteiger partial charge on any atom is 0.212 e. The highest BCUT2D eigenvalue weighted by Gasteiger charge is 2.05. The van der Waals surface area contributed by atoms with Crippen LogP contribution in [0.3, 0.4) is 0 Å². The first-order chi connectivity index (χ1) is 4.48. The van der Waals surface area contributed by atoms with Crippen LogP contribution >= 0.6 is 12.4 Å².